The molecule has 61 heavy (non-hydrogen) atoms. The van der Waals surface area contributed by atoms with E-state index in [1.807, 2.05) is 63.5 Å². The summed E-state index contributed by atoms with van der Waals surface area (Å²) in [6, 6.07) is 11.8. The van der Waals surface area contributed by atoms with Gasteiger partial charge in [0.15, 0.2) is 0 Å². The average molecular weight is 864 g/mol. The second kappa shape index (κ2) is 14.7. The summed E-state index contributed by atoms with van der Waals surface area (Å²) in [5, 5.41) is 7.33. The Morgan fingerprint density at radius 2 is 1.39 bits per heavy atom. The number of ether oxygens (including phenoxy) is 2. The maximum atomic E-state index is 12.9. The van der Waals surface area contributed by atoms with Crippen LogP contribution in [0.25, 0.3) is 33.8 Å². The van der Waals surface area contributed by atoms with Crippen molar-refractivity contribution in [1.29, 1.82) is 0 Å². The zero-order chi connectivity index (χ0) is 42.4. The van der Waals surface area contributed by atoms with Gasteiger partial charge in [0.2, 0.25) is 0 Å². The molecule has 15 heteroatoms. The standard InChI is InChI=1S/C25H25ClN4O2.C21H23ClN4O3/c1-32-8-7-30-13-25(14-30)12-28-24(31)21-18-6-5-16-11-27-20(15-3-2-4-17(26)9-15)10-19(16)22(18)29-23(21)25;1-20(2,3)29-19(28)26-9-21(10-26)8-24-18(27)15-12-5-4-11-7-23-14(22)6-13(11)16(12)25-17(15)21/h2-4,9-11,29H,5-8,12-14H2,1H3,(H,28,31);6-7,25H,4-5,8-10H2,1-3H3,(H,24,27). The molecule has 0 bridgehead atoms. The first-order valence-corrected chi connectivity index (χ1v) is 21.7. The molecule has 6 aliphatic rings. The molecule has 2 aliphatic carbocycles. The van der Waals surface area contributed by atoms with Crippen LogP contribution in [-0.2, 0) is 46.0 Å². The van der Waals surface area contributed by atoms with Gasteiger partial charge in [0.1, 0.15) is 10.8 Å². The molecule has 0 atom stereocenters. The topological polar surface area (TPSA) is 158 Å². The van der Waals surface area contributed by atoms with Gasteiger partial charge in [-0.1, -0.05) is 35.3 Å². The third-order valence-electron chi connectivity index (χ3n) is 13.1. The molecule has 11 rings (SSSR count). The quantitative estimate of drug-likeness (QED) is 0.149. The predicted octanol–water partition coefficient (Wildman–Crippen LogP) is 6.50. The van der Waals surface area contributed by atoms with Gasteiger partial charge >= 0.3 is 6.09 Å². The van der Waals surface area contributed by atoms with E-state index in [1.54, 1.807) is 12.0 Å². The lowest BCUT2D eigenvalue weighted by Crippen LogP contribution is -2.67. The molecule has 0 saturated carbocycles. The van der Waals surface area contributed by atoms with E-state index in [2.05, 4.69) is 36.6 Å². The van der Waals surface area contributed by atoms with Gasteiger partial charge < -0.3 is 35.0 Å². The number of pyridine rings is 2. The number of carbonyl (C=O) groups is 3. The third kappa shape index (κ3) is 6.81. The van der Waals surface area contributed by atoms with Crippen LogP contribution in [0, 0.1) is 0 Å². The van der Waals surface area contributed by atoms with Crippen LogP contribution >= 0.6 is 23.2 Å². The number of aryl methyl sites for hydroxylation is 2. The van der Waals surface area contributed by atoms with E-state index in [0.717, 1.165) is 125 Å². The Kier molecular flexibility index (Phi) is 9.63. The number of rotatable bonds is 4. The number of nitrogens with zero attached hydrogens (tertiary/aromatic N) is 4. The van der Waals surface area contributed by atoms with Crippen molar-refractivity contribution in [2.24, 2.45) is 0 Å². The zero-order valence-corrected chi connectivity index (χ0v) is 36.2. The minimum atomic E-state index is -0.533. The van der Waals surface area contributed by atoms with Gasteiger partial charge in [-0.2, -0.15) is 0 Å². The molecular formula is C46H48Cl2N8O5. The third-order valence-corrected chi connectivity index (χ3v) is 13.5. The molecular weight excluding hydrogens is 815 g/mol. The van der Waals surface area contributed by atoms with Crippen LogP contribution in [-0.4, -0.2) is 113 Å². The van der Waals surface area contributed by atoms with Crippen molar-refractivity contribution in [3.8, 4) is 33.8 Å². The Labute approximate surface area is 363 Å². The van der Waals surface area contributed by atoms with E-state index < -0.39 is 5.60 Å². The second-order valence-corrected chi connectivity index (χ2v) is 19.1. The molecule has 5 aromatic rings. The summed E-state index contributed by atoms with van der Waals surface area (Å²) in [5.41, 5.74) is 13.3. The fourth-order valence-corrected chi connectivity index (χ4v) is 10.5. The van der Waals surface area contributed by atoms with Crippen LogP contribution in [0.5, 0.6) is 0 Å². The summed E-state index contributed by atoms with van der Waals surface area (Å²) < 4.78 is 10.7. The van der Waals surface area contributed by atoms with Gasteiger partial charge in [-0.15, -0.1) is 0 Å². The molecule has 4 N–H and O–H groups in total. The molecule has 4 aliphatic heterocycles. The van der Waals surface area contributed by atoms with Crippen LogP contribution < -0.4 is 10.6 Å². The number of hydrogen-bond donors (Lipinski definition) is 4. The fraction of sp³-hybridized carbons (Fsp3) is 0.413. The molecule has 13 nitrogen and oxygen atoms in total. The summed E-state index contributed by atoms with van der Waals surface area (Å²) in [6.07, 6.45) is 6.79. The van der Waals surface area contributed by atoms with Crippen LogP contribution in [0.1, 0.15) is 75.1 Å². The van der Waals surface area contributed by atoms with Crippen molar-refractivity contribution in [3.05, 3.63) is 104 Å². The molecule has 2 spiro atoms. The molecule has 316 valence electrons. The van der Waals surface area contributed by atoms with Gasteiger partial charge in [0, 0.05) is 98.4 Å². The Balaban J connectivity index is 0.000000147. The van der Waals surface area contributed by atoms with Crippen molar-refractivity contribution in [1.82, 2.24) is 40.4 Å². The molecule has 8 heterocycles. The van der Waals surface area contributed by atoms with Gasteiger partial charge in [0.05, 0.1) is 45.6 Å². The number of carbonyl (C=O) groups excluding carboxylic acids is 3. The molecule has 2 saturated heterocycles. The number of benzene rings is 1. The fourth-order valence-electron chi connectivity index (χ4n) is 10.2. The lowest BCUT2D eigenvalue weighted by Gasteiger charge is -2.51. The maximum absolute atomic E-state index is 12.9. The lowest BCUT2D eigenvalue weighted by atomic mass is 9.72. The first-order valence-electron chi connectivity index (χ1n) is 20.9. The van der Waals surface area contributed by atoms with Crippen LogP contribution in [0.15, 0.2) is 48.8 Å². The minimum absolute atomic E-state index is 0.0443. The summed E-state index contributed by atoms with van der Waals surface area (Å²) in [5.74, 6) is -0.00603. The van der Waals surface area contributed by atoms with Gasteiger partial charge in [-0.25, -0.2) is 9.78 Å². The number of methoxy groups -OCH3 is 1. The highest BCUT2D eigenvalue weighted by atomic mass is 35.5. The average Bonchev–Trinajstić information content (AvgIpc) is 3.81. The maximum Gasteiger partial charge on any atom is 0.410 e. The minimum Gasteiger partial charge on any atom is -0.444 e. The van der Waals surface area contributed by atoms with Gasteiger partial charge in [0.25, 0.3) is 11.8 Å². The summed E-state index contributed by atoms with van der Waals surface area (Å²) >= 11 is 12.3. The number of nitrogens with one attached hydrogen (secondary N) is 4. The summed E-state index contributed by atoms with van der Waals surface area (Å²) in [6.45, 7) is 11.3. The normalized spacial score (nSPS) is 18.8. The van der Waals surface area contributed by atoms with Crippen LogP contribution in [0.3, 0.4) is 0 Å². The molecule has 0 radical (unpaired) electrons. The highest BCUT2D eigenvalue weighted by molar-refractivity contribution is 6.31. The Morgan fingerprint density at radius 3 is 1.98 bits per heavy atom. The van der Waals surface area contributed by atoms with Crippen molar-refractivity contribution in [2.45, 2.75) is 62.9 Å². The number of aromatic nitrogens is 4. The van der Waals surface area contributed by atoms with Crippen molar-refractivity contribution in [3.63, 3.8) is 0 Å². The lowest BCUT2D eigenvalue weighted by molar-refractivity contribution is -0.0113. The second-order valence-electron chi connectivity index (χ2n) is 18.3. The first kappa shape index (κ1) is 39.9. The highest BCUT2D eigenvalue weighted by Crippen LogP contribution is 2.47. The highest BCUT2D eigenvalue weighted by Gasteiger charge is 2.54. The van der Waals surface area contributed by atoms with E-state index in [1.165, 1.54) is 5.56 Å². The molecule has 3 amide bonds. The number of aromatic amines is 2. The number of amides is 3. The van der Waals surface area contributed by atoms with E-state index in [4.69, 9.17) is 37.7 Å². The summed E-state index contributed by atoms with van der Waals surface area (Å²) in [7, 11) is 1.73. The van der Waals surface area contributed by atoms with Crippen LogP contribution in [0.4, 0.5) is 4.79 Å². The molecule has 0 unspecified atom stereocenters. The number of likely N-dealkylation sites (tertiary alicyclic amines) is 2. The Morgan fingerprint density at radius 1 is 0.803 bits per heavy atom. The SMILES string of the molecule is CC(C)(C)OC(=O)N1CC2(CNC(=O)c3c2[nH]c2c3CCc3cnc(Cl)cc3-2)C1.COCCN1CC2(CNC(=O)c3c2[nH]c2c3CCc3cnc(-c4cccc(Cl)c4)cc3-2)C1. The zero-order valence-electron chi connectivity index (χ0n) is 34.7. The largest absolute Gasteiger partial charge is 0.444 e. The molecule has 1 aromatic carbocycles. The van der Waals surface area contributed by atoms with Crippen molar-refractivity contribution in [2.75, 3.05) is 59.5 Å². The van der Waals surface area contributed by atoms with Gasteiger partial charge in [-0.3, -0.25) is 19.5 Å². The number of hydrogen-bond acceptors (Lipinski definition) is 8. The first-order chi connectivity index (χ1) is 29.2. The van der Waals surface area contributed by atoms with E-state index >= 15 is 0 Å². The van der Waals surface area contributed by atoms with E-state index in [0.29, 0.717) is 36.4 Å². The predicted molar refractivity (Wildman–Crippen MR) is 232 cm³/mol. The van der Waals surface area contributed by atoms with Crippen molar-refractivity contribution >= 4 is 41.1 Å². The monoisotopic (exact) mass is 862 g/mol. The van der Waals surface area contributed by atoms with E-state index in [-0.39, 0.29) is 28.7 Å². The number of H-pyrrole nitrogens is 2. The van der Waals surface area contributed by atoms with Crippen molar-refractivity contribution < 1.29 is 23.9 Å². The van der Waals surface area contributed by atoms with E-state index in [9.17, 15) is 14.4 Å². The number of halogens is 2. The Hall–Kier alpha value is -5.21. The molecule has 4 aromatic heterocycles. The Bertz CT molecular complexity index is 2630. The van der Waals surface area contributed by atoms with Crippen LogP contribution in [0.2, 0.25) is 10.2 Å². The number of fused-ring (bicyclic) bond motifs is 12. The smallest absolute Gasteiger partial charge is 0.410 e. The molecule has 2 fully saturated rings. The summed E-state index contributed by atoms with van der Waals surface area (Å²) in [4.78, 5) is 58.4. The van der Waals surface area contributed by atoms with Gasteiger partial charge in [-0.05, 0) is 93.0 Å².